The monoisotopic (exact) mass is 276 g/mol. The van der Waals surface area contributed by atoms with Crippen molar-refractivity contribution in [2.75, 3.05) is 0 Å². The third-order valence-corrected chi connectivity index (χ3v) is 3.33. The molecule has 1 heterocycles. The predicted octanol–water partition coefficient (Wildman–Crippen LogP) is 2.71. The first kappa shape index (κ1) is 14.6. The molecule has 0 spiro atoms. The van der Waals surface area contributed by atoms with Gasteiger partial charge in [0.05, 0.1) is 0 Å². The Labute approximate surface area is 119 Å². The van der Waals surface area contributed by atoms with E-state index in [9.17, 15) is 9.59 Å². The zero-order valence-corrected chi connectivity index (χ0v) is 12.1. The minimum absolute atomic E-state index is 0.198. The average molecular weight is 276 g/mol. The maximum atomic E-state index is 11.9. The first-order valence-electron chi connectivity index (χ1n) is 6.87. The summed E-state index contributed by atoms with van der Waals surface area (Å²) < 4.78 is 10.3. The van der Waals surface area contributed by atoms with Crippen molar-refractivity contribution in [1.82, 2.24) is 0 Å². The third-order valence-electron chi connectivity index (χ3n) is 3.33. The van der Waals surface area contributed by atoms with E-state index in [-0.39, 0.29) is 5.92 Å². The molecule has 1 aromatic rings. The first-order valence-corrected chi connectivity index (χ1v) is 6.87. The van der Waals surface area contributed by atoms with Crippen LogP contribution in [0.4, 0.5) is 0 Å². The van der Waals surface area contributed by atoms with E-state index in [2.05, 4.69) is 0 Å². The van der Waals surface area contributed by atoms with Gasteiger partial charge in [-0.15, -0.1) is 0 Å². The SMILES string of the molecule is C[C@@H](Cc1ccccc1)CC1C(=O)OC(C)(C)OC1=O. The molecule has 2 rings (SSSR count). The molecule has 1 aliphatic heterocycles. The quantitative estimate of drug-likeness (QED) is 0.626. The largest absolute Gasteiger partial charge is 0.422 e. The fraction of sp³-hybridized carbons (Fsp3) is 0.500. The van der Waals surface area contributed by atoms with Gasteiger partial charge in [-0.25, -0.2) is 0 Å². The van der Waals surface area contributed by atoms with Crippen LogP contribution in [0.2, 0.25) is 0 Å². The second-order valence-corrected chi connectivity index (χ2v) is 5.83. The number of ether oxygens (including phenoxy) is 2. The molecule has 20 heavy (non-hydrogen) atoms. The van der Waals surface area contributed by atoms with E-state index >= 15 is 0 Å². The number of esters is 2. The summed E-state index contributed by atoms with van der Waals surface area (Å²) in [5.41, 5.74) is 1.19. The molecule has 1 atom stereocenters. The molecule has 0 N–H and O–H groups in total. The van der Waals surface area contributed by atoms with Crippen LogP contribution in [-0.2, 0) is 25.5 Å². The zero-order chi connectivity index (χ0) is 14.8. The standard InChI is InChI=1S/C16H20O4/c1-11(9-12-7-5-4-6-8-12)10-13-14(17)19-16(2,3)20-15(13)18/h4-8,11,13H,9-10H2,1-3H3/t11-/m0/s1. The van der Waals surface area contributed by atoms with Crippen LogP contribution in [0.3, 0.4) is 0 Å². The van der Waals surface area contributed by atoms with Gasteiger partial charge in [0, 0.05) is 13.8 Å². The molecule has 1 aliphatic rings. The van der Waals surface area contributed by atoms with Gasteiger partial charge in [0.25, 0.3) is 5.79 Å². The van der Waals surface area contributed by atoms with Gasteiger partial charge >= 0.3 is 11.9 Å². The Bertz CT molecular complexity index is 472. The van der Waals surface area contributed by atoms with Crippen LogP contribution in [0.25, 0.3) is 0 Å². The number of carbonyl (C=O) groups is 2. The Hall–Kier alpha value is -1.84. The summed E-state index contributed by atoms with van der Waals surface area (Å²) in [6.07, 6.45) is 1.27. The molecule has 0 unspecified atom stereocenters. The summed E-state index contributed by atoms with van der Waals surface area (Å²) >= 11 is 0. The van der Waals surface area contributed by atoms with Crippen LogP contribution < -0.4 is 0 Å². The van der Waals surface area contributed by atoms with E-state index in [1.165, 1.54) is 5.56 Å². The average Bonchev–Trinajstić information content (AvgIpc) is 2.34. The molecule has 1 aromatic carbocycles. The van der Waals surface area contributed by atoms with Crippen molar-refractivity contribution in [2.24, 2.45) is 11.8 Å². The van der Waals surface area contributed by atoms with Gasteiger partial charge < -0.3 is 9.47 Å². The second kappa shape index (κ2) is 5.65. The minimum atomic E-state index is -1.15. The fourth-order valence-corrected chi connectivity index (χ4v) is 2.44. The van der Waals surface area contributed by atoms with Gasteiger partial charge in [0.15, 0.2) is 5.92 Å². The minimum Gasteiger partial charge on any atom is -0.422 e. The fourth-order valence-electron chi connectivity index (χ4n) is 2.44. The highest BCUT2D eigenvalue weighted by molar-refractivity contribution is 5.96. The van der Waals surface area contributed by atoms with Crippen LogP contribution in [0.1, 0.15) is 32.8 Å². The normalized spacial score (nSPS) is 20.1. The van der Waals surface area contributed by atoms with Gasteiger partial charge in [-0.1, -0.05) is 37.3 Å². The molecule has 4 heteroatoms. The summed E-state index contributed by atoms with van der Waals surface area (Å²) in [6, 6.07) is 10.0. The summed E-state index contributed by atoms with van der Waals surface area (Å²) in [4.78, 5) is 23.8. The molecule has 0 bridgehead atoms. The summed E-state index contributed by atoms with van der Waals surface area (Å²) in [7, 11) is 0. The number of cyclic esters (lactones) is 2. The Morgan fingerprint density at radius 1 is 1.10 bits per heavy atom. The molecule has 1 saturated heterocycles. The van der Waals surface area contributed by atoms with E-state index in [0.717, 1.165) is 6.42 Å². The highest BCUT2D eigenvalue weighted by atomic mass is 16.7. The summed E-state index contributed by atoms with van der Waals surface area (Å²) in [5, 5.41) is 0. The number of benzene rings is 1. The number of rotatable bonds is 4. The van der Waals surface area contributed by atoms with Crippen LogP contribution in [0.15, 0.2) is 30.3 Å². The lowest BCUT2D eigenvalue weighted by Crippen LogP contribution is -2.46. The number of carbonyl (C=O) groups excluding carboxylic acids is 2. The summed E-state index contributed by atoms with van der Waals surface area (Å²) in [6.45, 7) is 5.14. The van der Waals surface area contributed by atoms with Crippen LogP contribution in [0.5, 0.6) is 0 Å². The lowest BCUT2D eigenvalue weighted by atomic mass is 9.90. The highest BCUT2D eigenvalue weighted by Crippen LogP contribution is 2.28. The lowest BCUT2D eigenvalue weighted by Gasteiger charge is -2.33. The Kier molecular flexibility index (Phi) is 4.12. The molecule has 108 valence electrons. The highest BCUT2D eigenvalue weighted by Gasteiger charge is 2.43. The molecule has 1 fully saturated rings. The second-order valence-electron chi connectivity index (χ2n) is 5.83. The molecule has 0 aromatic heterocycles. The van der Waals surface area contributed by atoms with E-state index in [1.54, 1.807) is 13.8 Å². The van der Waals surface area contributed by atoms with Crippen LogP contribution in [0, 0.1) is 11.8 Å². The lowest BCUT2D eigenvalue weighted by molar-refractivity contribution is -0.240. The third kappa shape index (κ3) is 3.59. The Morgan fingerprint density at radius 2 is 1.65 bits per heavy atom. The predicted molar refractivity (Wildman–Crippen MR) is 73.7 cm³/mol. The van der Waals surface area contributed by atoms with E-state index in [0.29, 0.717) is 6.42 Å². The van der Waals surface area contributed by atoms with E-state index < -0.39 is 23.6 Å². The van der Waals surface area contributed by atoms with Gasteiger partial charge in [-0.05, 0) is 24.3 Å². The molecular weight excluding hydrogens is 256 g/mol. The molecule has 0 saturated carbocycles. The molecule has 0 radical (unpaired) electrons. The van der Waals surface area contributed by atoms with Crippen molar-refractivity contribution >= 4 is 11.9 Å². The van der Waals surface area contributed by atoms with Crippen molar-refractivity contribution in [3.05, 3.63) is 35.9 Å². The number of hydrogen-bond acceptors (Lipinski definition) is 4. The Balaban J connectivity index is 1.96. The molecule has 0 amide bonds. The van der Waals surface area contributed by atoms with Gasteiger partial charge in [-0.2, -0.15) is 0 Å². The Morgan fingerprint density at radius 3 is 2.20 bits per heavy atom. The van der Waals surface area contributed by atoms with E-state index in [4.69, 9.17) is 9.47 Å². The van der Waals surface area contributed by atoms with Crippen molar-refractivity contribution in [1.29, 1.82) is 0 Å². The topological polar surface area (TPSA) is 52.6 Å². The summed E-state index contributed by atoms with van der Waals surface area (Å²) in [5.74, 6) is -2.71. The van der Waals surface area contributed by atoms with Gasteiger partial charge in [0.2, 0.25) is 0 Å². The molecular formula is C16H20O4. The first-order chi connectivity index (χ1) is 9.37. The van der Waals surface area contributed by atoms with Crippen molar-refractivity contribution in [3.8, 4) is 0 Å². The van der Waals surface area contributed by atoms with E-state index in [1.807, 2.05) is 37.3 Å². The number of hydrogen-bond donors (Lipinski definition) is 0. The smallest absolute Gasteiger partial charge is 0.323 e. The van der Waals surface area contributed by atoms with Crippen molar-refractivity contribution in [2.45, 2.75) is 39.4 Å². The van der Waals surface area contributed by atoms with Crippen molar-refractivity contribution < 1.29 is 19.1 Å². The molecule has 0 aliphatic carbocycles. The van der Waals surface area contributed by atoms with Crippen LogP contribution in [-0.4, -0.2) is 17.7 Å². The molecule has 4 nitrogen and oxygen atoms in total. The maximum Gasteiger partial charge on any atom is 0.323 e. The zero-order valence-electron chi connectivity index (χ0n) is 12.1. The van der Waals surface area contributed by atoms with Crippen molar-refractivity contribution in [3.63, 3.8) is 0 Å². The van der Waals surface area contributed by atoms with Gasteiger partial charge in [-0.3, -0.25) is 9.59 Å². The maximum absolute atomic E-state index is 11.9. The van der Waals surface area contributed by atoms with Crippen LogP contribution >= 0.6 is 0 Å². The van der Waals surface area contributed by atoms with Gasteiger partial charge in [0.1, 0.15) is 0 Å².